The van der Waals surface area contributed by atoms with Crippen LogP contribution in [-0.4, -0.2) is 47.1 Å². The van der Waals surface area contributed by atoms with Gasteiger partial charge in [0.2, 0.25) is 0 Å². The number of nitrogens with one attached hydrogen (secondary N) is 2. The Morgan fingerprint density at radius 2 is 2.39 bits per heavy atom. The summed E-state index contributed by atoms with van der Waals surface area (Å²) in [5, 5.41) is 6.17. The van der Waals surface area contributed by atoms with E-state index < -0.39 is 0 Å². The van der Waals surface area contributed by atoms with E-state index in [4.69, 9.17) is 0 Å². The highest BCUT2D eigenvalue weighted by molar-refractivity contribution is 5.88. The van der Waals surface area contributed by atoms with E-state index in [0.717, 1.165) is 32.6 Å². The van der Waals surface area contributed by atoms with Crippen molar-refractivity contribution in [2.45, 2.75) is 12.8 Å². The predicted molar refractivity (Wildman–Crippen MR) is 67.2 cm³/mol. The molecule has 1 aromatic rings. The van der Waals surface area contributed by atoms with E-state index in [2.05, 4.69) is 20.6 Å². The standard InChI is InChI=1S/C12H17N5O/c18-11(16-10-7-13-4-5-15-10)17-6-2-12(9-17)1-3-14-8-12/h4-5,7,14H,1-3,6,8-9H2,(H,15,16,18). The average molecular weight is 247 g/mol. The number of aromatic nitrogens is 2. The minimum atomic E-state index is -0.0701. The smallest absolute Gasteiger partial charge is 0.323 e. The molecule has 6 nitrogen and oxygen atoms in total. The maximum atomic E-state index is 12.1. The summed E-state index contributed by atoms with van der Waals surface area (Å²) < 4.78 is 0. The molecule has 0 aliphatic carbocycles. The second kappa shape index (κ2) is 4.53. The molecule has 1 spiro atoms. The Morgan fingerprint density at radius 3 is 3.11 bits per heavy atom. The van der Waals surface area contributed by atoms with Crippen LogP contribution in [0, 0.1) is 5.41 Å². The number of anilines is 1. The fourth-order valence-corrected chi connectivity index (χ4v) is 2.80. The van der Waals surface area contributed by atoms with Crippen molar-refractivity contribution in [3.8, 4) is 0 Å². The summed E-state index contributed by atoms with van der Waals surface area (Å²) in [4.78, 5) is 21.9. The van der Waals surface area contributed by atoms with E-state index in [1.165, 1.54) is 6.42 Å². The number of carbonyl (C=O) groups is 1. The first-order chi connectivity index (χ1) is 8.77. The molecule has 1 atom stereocenters. The fourth-order valence-electron chi connectivity index (χ4n) is 2.80. The quantitative estimate of drug-likeness (QED) is 0.766. The van der Waals surface area contributed by atoms with Crippen molar-refractivity contribution in [3.05, 3.63) is 18.6 Å². The molecule has 0 bridgehead atoms. The van der Waals surface area contributed by atoms with Crippen LogP contribution in [0.25, 0.3) is 0 Å². The van der Waals surface area contributed by atoms with Gasteiger partial charge in [-0.15, -0.1) is 0 Å². The van der Waals surface area contributed by atoms with E-state index in [-0.39, 0.29) is 6.03 Å². The highest BCUT2D eigenvalue weighted by Gasteiger charge is 2.41. The van der Waals surface area contributed by atoms with Crippen molar-refractivity contribution < 1.29 is 4.79 Å². The summed E-state index contributed by atoms with van der Waals surface area (Å²) in [7, 11) is 0. The molecule has 2 saturated heterocycles. The third-order valence-corrected chi connectivity index (χ3v) is 3.86. The summed E-state index contributed by atoms with van der Waals surface area (Å²) in [5.41, 5.74) is 0.305. The zero-order valence-electron chi connectivity index (χ0n) is 10.2. The molecule has 1 unspecified atom stereocenters. The van der Waals surface area contributed by atoms with Crippen molar-refractivity contribution in [1.82, 2.24) is 20.2 Å². The minimum Gasteiger partial charge on any atom is -0.324 e. The fraction of sp³-hybridized carbons (Fsp3) is 0.583. The predicted octanol–water partition coefficient (Wildman–Crippen LogP) is 0.694. The van der Waals surface area contributed by atoms with E-state index in [1.54, 1.807) is 18.6 Å². The lowest BCUT2D eigenvalue weighted by Crippen LogP contribution is -2.36. The van der Waals surface area contributed by atoms with Gasteiger partial charge in [-0.3, -0.25) is 10.3 Å². The molecule has 96 valence electrons. The largest absolute Gasteiger partial charge is 0.324 e. The van der Waals surface area contributed by atoms with Gasteiger partial charge in [0, 0.05) is 37.4 Å². The van der Waals surface area contributed by atoms with Gasteiger partial charge in [0.15, 0.2) is 5.82 Å². The van der Waals surface area contributed by atoms with Crippen molar-refractivity contribution in [2.24, 2.45) is 5.41 Å². The second-order valence-corrected chi connectivity index (χ2v) is 5.12. The van der Waals surface area contributed by atoms with Gasteiger partial charge < -0.3 is 10.2 Å². The van der Waals surface area contributed by atoms with Crippen LogP contribution in [0.2, 0.25) is 0 Å². The zero-order chi connectivity index (χ0) is 12.4. The maximum Gasteiger partial charge on any atom is 0.323 e. The molecule has 3 heterocycles. The number of carbonyl (C=O) groups excluding carboxylic acids is 1. The molecule has 18 heavy (non-hydrogen) atoms. The highest BCUT2D eigenvalue weighted by Crippen LogP contribution is 2.36. The first kappa shape index (κ1) is 11.4. The summed E-state index contributed by atoms with van der Waals surface area (Å²) in [6, 6.07) is -0.0701. The molecule has 3 rings (SSSR count). The number of likely N-dealkylation sites (tertiary alicyclic amines) is 1. The summed E-state index contributed by atoms with van der Waals surface area (Å²) in [5.74, 6) is 0.507. The van der Waals surface area contributed by atoms with Crippen LogP contribution >= 0.6 is 0 Å². The molecule has 0 saturated carbocycles. The summed E-state index contributed by atoms with van der Waals surface area (Å²) in [6.45, 7) is 3.77. The Balaban J connectivity index is 1.61. The number of hydrogen-bond donors (Lipinski definition) is 2. The zero-order valence-corrected chi connectivity index (χ0v) is 10.2. The van der Waals surface area contributed by atoms with E-state index in [0.29, 0.717) is 11.2 Å². The Kier molecular flexibility index (Phi) is 2.87. The molecule has 0 aromatic carbocycles. The topological polar surface area (TPSA) is 70.2 Å². The van der Waals surface area contributed by atoms with Gasteiger partial charge in [0.1, 0.15) is 0 Å². The van der Waals surface area contributed by atoms with Crippen molar-refractivity contribution in [3.63, 3.8) is 0 Å². The van der Waals surface area contributed by atoms with Gasteiger partial charge in [-0.2, -0.15) is 0 Å². The van der Waals surface area contributed by atoms with Gasteiger partial charge >= 0.3 is 6.03 Å². The maximum absolute atomic E-state index is 12.1. The number of urea groups is 1. The van der Waals surface area contributed by atoms with Gasteiger partial charge in [0.25, 0.3) is 0 Å². The van der Waals surface area contributed by atoms with E-state index in [9.17, 15) is 4.79 Å². The SMILES string of the molecule is O=C(Nc1cnccn1)N1CCC2(CCNC2)C1. The first-order valence-corrected chi connectivity index (χ1v) is 6.30. The monoisotopic (exact) mass is 247 g/mol. The molecular weight excluding hydrogens is 230 g/mol. The number of amides is 2. The van der Waals surface area contributed by atoms with Crippen molar-refractivity contribution in [1.29, 1.82) is 0 Å². The second-order valence-electron chi connectivity index (χ2n) is 5.12. The average Bonchev–Trinajstić information content (AvgIpc) is 3.02. The van der Waals surface area contributed by atoms with Crippen LogP contribution in [0.15, 0.2) is 18.6 Å². The Bertz CT molecular complexity index is 429. The van der Waals surface area contributed by atoms with E-state index >= 15 is 0 Å². The molecule has 2 aliphatic heterocycles. The Hall–Kier alpha value is -1.69. The molecule has 0 radical (unpaired) electrons. The molecule has 2 amide bonds. The van der Waals surface area contributed by atoms with Crippen molar-refractivity contribution in [2.75, 3.05) is 31.5 Å². The van der Waals surface area contributed by atoms with E-state index in [1.807, 2.05) is 4.90 Å². The number of rotatable bonds is 1. The van der Waals surface area contributed by atoms with Crippen LogP contribution in [0.1, 0.15) is 12.8 Å². The van der Waals surface area contributed by atoms with Gasteiger partial charge in [-0.25, -0.2) is 9.78 Å². The van der Waals surface area contributed by atoms with Gasteiger partial charge in [-0.05, 0) is 19.4 Å². The summed E-state index contributed by atoms with van der Waals surface area (Å²) in [6.07, 6.45) is 6.98. The molecule has 1 aromatic heterocycles. The van der Waals surface area contributed by atoms with Crippen LogP contribution in [0.4, 0.5) is 10.6 Å². The first-order valence-electron chi connectivity index (χ1n) is 6.30. The Labute approximate surface area is 106 Å². The van der Waals surface area contributed by atoms with Crippen molar-refractivity contribution >= 4 is 11.8 Å². The third kappa shape index (κ3) is 2.15. The van der Waals surface area contributed by atoms with Crippen LogP contribution < -0.4 is 10.6 Å². The molecule has 6 heteroatoms. The van der Waals surface area contributed by atoms with Crippen LogP contribution in [0.5, 0.6) is 0 Å². The van der Waals surface area contributed by atoms with Gasteiger partial charge in [-0.1, -0.05) is 0 Å². The molecular formula is C12H17N5O. The van der Waals surface area contributed by atoms with Crippen LogP contribution in [-0.2, 0) is 0 Å². The highest BCUT2D eigenvalue weighted by atomic mass is 16.2. The third-order valence-electron chi connectivity index (χ3n) is 3.86. The normalized spacial score (nSPS) is 26.8. The molecule has 2 fully saturated rings. The molecule has 2 N–H and O–H groups in total. The molecule has 2 aliphatic rings. The Morgan fingerprint density at radius 1 is 1.44 bits per heavy atom. The van der Waals surface area contributed by atoms with Gasteiger partial charge in [0.05, 0.1) is 6.20 Å². The lowest BCUT2D eigenvalue weighted by atomic mass is 9.87. The number of nitrogens with zero attached hydrogens (tertiary/aromatic N) is 3. The lowest BCUT2D eigenvalue weighted by molar-refractivity contribution is 0.215. The van der Waals surface area contributed by atoms with Crippen LogP contribution in [0.3, 0.4) is 0 Å². The number of hydrogen-bond acceptors (Lipinski definition) is 4. The summed E-state index contributed by atoms with van der Waals surface area (Å²) >= 11 is 0. The minimum absolute atomic E-state index is 0.0701. The lowest BCUT2D eigenvalue weighted by Gasteiger charge is -2.22.